The molecule has 4 nitrogen and oxygen atoms in total. The van der Waals surface area contributed by atoms with Crippen molar-refractivity contribution in [2.45, 2.75) is 20.0 Å². The number of aliphatic hydroxyl groups is 1. The van der Waals surface area contributed by atoms with Gasteiger partial charge >= 0.3 is 5.97 Å². The Bertz CT molecular complexity index is 160. The Morgan fingerprint density at radius 2 is 2.27 bits per heavy atom. The van der Waals surface area contributed by atoms with Crippen molar-refractivity contribution in [2.24, 2.45) is 0 Å². The van der Waals surface area contributed by atoms with Gasteiger partial charge in [0.15, 0.2) is 0 Å². The van der Waals surface area contributed by atoms with Crippen LogP contribution in [0.15, 0.2) is 11.8 Å². The molecule has 64 valence electrons. The number of rotatable bonds is 4. The third-order valence-electron chi connectivity index (χ3n) is 1.07. The van der Waals surface area contributed by atoms with Gasteiger partial charge in [0.05, 0.1) is 24.5 Å². The maximum atomic E-state index is 10.3. The lowest BCUT2D eigenvalue weighted by Gasteiger charge is -2.04. The van der Waals surface area contributed by atoms with Gasteiger partial charge in [0.1, 0.15) is 0 Å². The number of carbonyl (C=O) groups is 1. The van der Waals surface area contributed by atoms with Gasteiger partial charge in [-0.1, -0.05) is 0 Å². The van der Waals surface area contributed by atoms with Crippen LogP contribution in [0.25, 0.3) is 0 Å². The van der Waals surface area contributed by atoms with Crippen LogP contribution >= 0.6 is 0 Å². The fourth-order valence-corrected chi connectivity index (χ4v) is 0.501. The van der Waals surface area contributed by atoms with Gasteiger partial charge in [-0.2, -0.15) is 0 Å². The first-order valence-electron chi connectivity index (χ1n) is 3.32. The van der Waals surface area contributed by atoms with E-state index < -0.39 is 12.1 Å². The second kappa shape index (κ2) is 4.73. The molecule has 0 aromatic rings. The zero-order valence-corrected chi connectivity index (χ0v) is 6.57. The van der Waals surface area contributed by atoms with Gasteiger partial charge < -0.3 is 14.9 Å². The van der Waals surface area contributed by atoms with E-state index in [1.807, 2.05) is 0 Å². The molecule has 0 radical (unpaired) electrons. The van der Waals surface area contributed by atoms with E-state index in [0.717, 1.165) is 6.26 Å². The molecule has 11 heavy (non-hydrogen) atoms. The van der Waals surface area contributed by atoms with Gasteiger partial charge in [-0.05, 0) is 13.8 Å². The zero-order chi connectivity index (χ0) is 8.85. The van der Waals surface area contributed by atoms with Gasteiger partial charge in [0, 0.05) is 0 Å². The van der Waals surface area contributed by atoms with Crippen LogP contribution in [-0.4, -0.2) is 28.9 Å². The lowest BCUT2D eigenvalue weighted by atomic mass is 10.2. The Kier molecular flexibility index (Phi) is 4.29. The summed E-state index contributed by atoms with van der Waals surface area (Å²) in [6.45, 7) is 3.50. The second-order valence-corrected chi connectivity index (χ2v) is 2.01. The predicted molar refractivity (Wildman–Crippen MR) is 39.0 cm³/mol. The lowest BCUT2D eigenvalue weighted by molar-refractivity contribution is -0.133. The van der Waals surface area contributed by atoms with Gasteiger partial charge in [-0.3, -0.25) is 0 Å². The van der Waals surface area contributed by atoms with Crippen molar-refractivity contribution in [3.05, 3.63) is 11.8 Å². The molecule has 0 spiro atoms. The van der Waals surface area contributed by atoms with E-state index in [1.54, 1.807) is 6.92 Å². The van der Waals surface area contributed by atoms with Crippen molar-refractivity contribution < 1.29 is 19.7 Å². The molecule has 0 aromatic carbocycles. The van der Waals surface area contributed by atoms with Crippen molar-refractivity contribution in [1.29, 1.82) is 0 Å². The average molecular weight is 160 g/mol. The molecule has 1 atom stereocenters. The smallest absolute Gasteiger partial charge is 0.337 e. The van der Waals surface area contributed by atoms with Crippen LogP contribution < -0.4 is 0 Å². The molecule has 0 aliphatic rings. The van der Waals surface area contributed by atoms with E-state index in [2.05, 4.69) is 0 Å². The second-order valence-electron chi connectivity index (χ2n) is 2.01. The summed E-state index contributed by atoms with van der Waals surface area (Å²) in [5.41, 5.74) is -0.133. The first-order valence-corrected chi connectivity index (χ1v) is 3.32. The molecular formula is C7H12O4. The Morgan fingerprint density at radius 1 is 1.73 bits per heavy atom. The summed E-state index contributed by atoms with van der Waals surface area (Å²) in [4.78, 5) is 10.3. The molecule has 0 aliphatic heterocycles. The van der Waals surface area contributed by atoms with Crippen LogP contribution in [0, 0.1) is 0 Å². The summed E-state index contributed by atoms with van der Waals surface area (Å²) >= 11 is 0. The number of hydrogen-bond donors (Lipinski definition) is 2. The minimum Gasteiger partial charge on any atom is -0.501 e. The van der Waals surface area contributed by atoms with Gasteiger partial charge in [-0.25, -0.2) is 4.79 Å². The minimum absolute atomic E-state index is 0.133. The Balaban J connectivity index is 4.21. The van der Waals surface area contributed by atoms with Crippen LogP contribution in [0.3, 0.4) is 0 Å². The highest BCUT2D eigenvalue weighted by Crippen LogP contribution is 2.01. The summed E-state index contributed by atoms with van der Waals surface area (Å²) in [6.07, 6.45) is 0.0616. The highest BCUT2D eigenvalue weighted by molar-refractivity contribution is 5.87. The maximum absolute atomic E-state index is 10.3. The van der Waals surface area contributed by atoms with E-state index in [0.29, 0.717) is 6.61 Å². The average Bonchev–Trinajstić information content (AvgIpc) is 1.87. The molecule has 0 aliphatic carbocycles. The SMILES string of the molecule is CCO/C=C(/C(=O)O)C(C)O. The van der Waals surface area contributed by atoms with Crippen molar-refractivity contribution in [3.8, 4) is 0 Å². The Morgan fingerprint density at radius 3 is 2.55 bits per heavy atom. The molecule has 0 fully saturated rings. The van der Waals surface area contributed by atoms with E-state index >= 15 is 0 Å². The number of aliphatic hydroxyl groups excluding tert-OH is 1. The predicted octanol–water partition coefficient (Wildman–Crippen LogP) is 0.372. The van der Waals surface area contributed by atoms with Crippen molar-refractivity contribution >= 4 is 5.97 Å². The van der Waals surface area contributed by atoms with Crippen molar-refractivity contribution in [3.63, 3.8) is 0 Å². The molecule has 0 aromatic heterocycles. The first-order chi connectivity index (χ1) is 5.09. The minimum atomic E-state index is -1.16. The van der Waals surface area contributed by atoms with Crippen LogP contribution in [0.2, 0.25) is 0 Å². The van der Waals surface area contributed by atoms with E-state index in [1.165, 1.54) is 6.92 Å². The standard InChI is InChI=1S/C7H12O4/c1-3-11-4-6(5(2)8)7(9)10/h4-5,8H,3H2,1-2H3,(H,9,10)/b6-4+. The van der Waals surface area contributed by atoms with Gasteiger partial charge in [0.2, 0.25) is 0 Å². The summed E-state index contributed by atoms with van der Waals surface area (Å²) in [5.74, 6) is -1.16. The summed E-state index contributed by atoms with van der Waals surface area (Å²) in [7, 11) is 0. The largest absolute Gasteiger partial charge is 0.501 e. The van der Waals surface area contributed by atoms with Crippen LogP contribution in [0.1, 0.15) is 13.8 Å². The van der Waals surface area contributed by atoms with Crippen molar-refractivity contribution in [2.75, 3.05) is 6.61 Å². The molecule has 0 heterocycles. The molecule has 4 heteroatoms. The summed E-state index contributed by atoms with van der Waals surface area (Å²) in [6, 6.07) is 0. The van der Waals surface area contributed by atoms with Crippen LogP contribution in [0.4, 0.5) is 0 Å². The Labute approximate surface area is 65.1 Å². The van der Waals surface area contributed by atoms with E-state index in [4.69, 9.17) is 14.9 Å². The van der Waals surface area contributed by atoms with Gasteiger partial charge in [-0.15, -0.1) is 0 Å². The topological polar surface area (TPSA) is 66.8 Å². The quantitative estimate of drug-likeness (QED) is 0.460. The fraction of sp³-hybridized carbons (Fsp3) is 0.571. The third kappa shape index (κ3) is 3.62. The molecule has 0 rings (SSSR count). The summed E-state index contributed by atoms with van der Waals surface area (Å²) in [5, 5.41) is 17.3. The highest BCUT2D eigenvalue weighted by atomic mass is 16.5. The molecule has 0 amide bonds. The molecule has 1 unspecified atom stereocenters. The molecule has 0 saturated carbocycles. The molecule has 0 saturated heterocycles. The van der Waals surface area contributed by atoms with E-state index in [9.17, 15) is 4.79 Å². The number of ether oxygens (including phenoxy) is 1. The van der Waals surface area contributed by atoms with Crippen LogP contribution in [-0.2, 0) is 9.53 Å². The Hall–Kier alpha value is -1.03. The van der Waals surface area contributed by atoms with Gasteiger partial charge in [0.25, 0.3) is 0 Å². The zero-order valence-electron chi connectivity index (χ0n) is 6.57. The fourth-order valence-electron chi connectivity index (χ4n) is 0.501. The molecule has 2 N–H and O–H groups in total. The summed E-state index contributed by atoms with van der Waals surface area (Å²) < 4.78 is 4.72. The normalized spacial score (nSPS) is 14.3. The van der Waals surface area contributed by atoms with Crippen LogP contribution in [0.5, 0.6) is 0 Å². The van der Waals surface area contributed by atoms with E-state index in [-0.39, 0.29) is 5.57 Å². The van der Waals surface area contributed by atoms with Crippen molar-refractivity contribution in [1.82, 2.24) is 0 Å². The first kappa shape index (κ1) is 9.97. The monoisotopic (exact) mass is 160 g/mol. The number of hydrogen-bond acceptors (Lipinski definition) is 3. The number of aliphatic carboxylic acids is 1. The maximum Gasteiger partial charge on any atom is 0.337 e. The third-order valence-corrected chi connectivity index (χ3v) is 1.07. The molecular weight excluding hydrogens is 148 g/mol. The number of carboxylic acid groups (broad SMARTS) is 1. The molecule has 0 bridgehead atoms. The highest BCUT2D eigenvalue weighted by Gasteiger charge is 2.13. The lowest BCUT2D eigenvalue weighted by Crippen LogP contribution is -2.14. The number of carboxylic acids is 1.